The Kier molecular flexibility index (Phi) is 6.28. The van der Waals surface area contributed by atoms with Crippen molar-refractivity contribution in [2.24, 2.45) is 5.92 Å². The van der Waals surface area contributed by atoms with Gasteiger partial charge in [-0.1, -0.05) is 73.5 Å². The van der Waals surface area contributed by atoms with Crippen molar-refractivity contribution in [1.29, 1.82) is 0 Å². The first-order valence-electron chi connectivity index (χ1n) is 10.7. The van der Waals surface area contributed by atoms with Crippen LogP contribution >= 0.6 is 11.8 Å². The monoisotopic (exact) mass is 420 g/mol. The van der Waals surface area contributed by atoms with Gasteiger partial charge >= 0.3 is 0 Å². The number of aryl methyl sites for hydroxylation is 1. The van der Waals surface area contributed by atoms with Crippen LogP contribution in [0.25, 0.3) is 6.08 Å². The van der Waals surface area contributed by atoms with Crippen molar-refractivity contribution < 1.29 is 9.59 Å². The molecule has 2 unspecified atom stereocenters. The summed E-state index contributed by atoms with van der Waals surface area (Å²) in [5.41, 5.74) is 2.97. The average Bonchev–Trinajstić information content (AvgIpc) is 2.74. The Morgan fingerprint density at radius 2 is 1.87 bits per heavy atom. The molecule has 0 spiro atoms. The quantitative estimate of drug-likeness (QED) is 0.694. The average molecular weight is 421 g/mol. The Morgan fingerprint density at radius 1 is 1.13 bits per heavy atom. The van der Waals surface area contributed by atoms with Crippen LogP contribution in [0, 0.1) is 12.8 Å². The van der Waals surface area contributed by atoms with Gasteiger partial charge in [0.2, 0.25) is 5.91 Å². The van der Waals surface area contributed by atoms with Crippen LogP contribution in [-0.4, -0.2) is 24.4 Å². The van der Waals surface area contributed by atoms with E-state index in [-0.39, 0.29) is 24.4 Å². The van der Waals surface area contributed by atoms with Crippen molar-refractivity contribution >= 4 is 35.3 Å². The van der Waals surface area contributed by atoms with Gasteiger partial charge in [0.25, 0.3) is 5.91 Å². The minimum Gasteiger partial charge on any atom is -0.352 e. The lowest BCUT2D eigenvalue weighted by molar-refractivity contribution is -0.123. The number of benzene rings is 2. The van der Waals surface area contributed by atoms with Gasteiger partial charge in [-0.25, -0.2) is 0 Å². The summed E-state index contributed by atoms with van der Waals surface area (Å²) in [7, 11) is 0. The highest BCUT2D eigenvalue weighted by atomic mass is 32.2. The number of thioether (sulfide) groups is 1. The third-order valence-corrected chi connectivity index (χ3v) is 7.04. The van der Waals surface area contributed by atoms with Gasteiger partial charge in [-0.15, -0.1) is 0 Å². The van der Waals surface area contributed by atoms with Gasteiger partial charge in [-0.05, 0) is 49.5 Å². The number of fused-ring (bicyclic) bond motifs is 1. The minimum absolute atomic E-state index is 0.0465. The molecule has 0 aromatic heterocycles. The van der Waals surface area contributed by atoms with Crippen LogP contribution in [0.15, 0.2) is 58.3 Å². The third-order valence-electron chi connectivity index (χ3n) is 5.97. The van der Waals surface area contributed by atoms with Crippen molar-refractivity contribution in [1.82, 2.24) is 5.32 Å². The number of nitrogens with zero attached hydrogens (tertiary/aromatic N) is 1. The molecule has 0 bridgehead atoms. The van der Waals surface area contributed by atoms with Crippen LogP contribution < -0.4 is 10.2 Å². The number of anilines is 1. The van der Waals surface area contributed by atoms with Gasteiger partial charge in [-0.2, -0.15) is 0 Å². The maximum absolute atomic E-state index is 13.3. The molecule has 4 nitrogen and oxygen atoms in total. The second-order valence-corrected chi connectivity index (χ2v) is 9.40. The molecule has 1 aliphatic heterocycles. The number of rotatable bonds is 4. The lowest BCUT2D eigenvalue weighted by atomic mass is 9.86. The second kappa shape index (κ2) is 9.09. The number of hydrogen-bond acceptors (Lipinski definition) is 3. The normalized spacial score (nSPS) is 22.7. The Balaban J connectivity index is 1.56. The van der Waals surface area contributed by atoms with Gasteiger partial charge in [0.05, 0.1) is 10.6 Å². The lowest BCUT2D eigenvalue weighted by Crippen LogP contribution is -2.48. The zero-order chi connectivity index (χ0) is 21.1. The predicted octanol–water partition coefficient (Wildman–Crippen LogP) is 5.17. The van der Waals surface area contributed by atoms with E-state index in [1.165, 1.54) is 23.7 Å². The molecule has 30 heavy (non-hydrogen) atoms. The molecule has 1 heterocycles. The second-order valence-electron chi connectivity index (χ2n) is 8.32. The molecule has 1 aliphatic carbocycles. The number of amides is 2. The molecular weight excluding hydrogens is 392 g/mol. The Hall–Kier alpha value is -2.53. The van der Waals surface area contributed by atoms with E-state index in [1.807, 2.05) is 61.5 Å². The molecule has 2 amide bonds. The lowest BCUT2D eigenvalue weighted by Gasteiger charge is -2.32. The highest BCUT2D eigenvalue weighted by Gasteiger charge is 2.31. The molecular formula is C25H28N2O2S. The number of carbonyl (C=O) groups excluding carboxylic acids is 2. The first-order chi connectivity index (χ1) is 14.5. The smallest absolute Gasteiger partial charge is 0.265 e. The maximum Gasteiger partial charge on any atom is 0.265 e. The zero-order valence-electron chi connectivity index (χ0n) is 17.6. The van der Waals surface area contributed by atoms with Crippen LogP contribution in [0.2, 0.25) is 0 Å². The molecule has 2 aliphatic rings. The van der Waals surface area contributed by atoms with Crippen LogP contribution in [0.5, 0.6) is 0 Å². The minimum atomic E-state index is -0.119. The molecule has 2 aromatic rings. The van der Waals surface area contributed by atoms with Crippen LogP contribution in [0.4, 0.5) is 5.69 Å². The molecule has 2 aromatic carbocycles. The Morgan fingerprint density at radius 3 is 2.63 bits per heavy atom. The summed E-state index contributed by atoms with van der Waals surface area (Å²) in [6.45, 7) is 4.29. The first-order valence-corrected chi connectivity index (χ1v) is 11.5. The van der Waals surface area contributed by atoms with E-state index in [9.17, 15) is 9.59 Å². The topological polar surface area (TPSA) is 49.4 Å². The number of hydrogen-bond donors (Lipinski definition) is 1. The van der Waals surface area contributed by atoms with Gasteiger partial charge in [0.15, 0.2) is 0 Å². The van der Waals surface area contributed by atoms with Gasteiger partial charge in [0.1, 0.15) is 6.54 Å². The fourth-order valence-electron chi connectivity index (χ4n) is 4.16. The number of carbonyl (C=O) groups is 2. The molecule has 4 rings (SSSR count). The van der Waals surface area contributed by atoms with Crippen molar-refractivity contribution in [3.63, 3.8) is 0 Å². The highest BCUT2D eigenvalue weighted by molar-refractivity contribution is 8.04. The SMILES string of the molecule is Cc1ccc(/C=C2/Sc3ccccc3N(CC(=O)NC3CCCCC3C)C2=O)cc1. The summed E-state index contributed by atoms with van der Waals surface area (Å²) in [6.07, 6.45) is 6.47. The summed E-state index contributed by atoms with van der Waals surface area (Å²) in [6, 6.07) is 16.1. The van der Waals surface area contributed by atoms with E-state index >= 15 is 0 Å². The summed E-state index contributed by atoms with van der Waals surface area (Å²) in [5, 5.41) is 3.18. The van der Waals surface area contributed by atoms with E-state index in [0.29, 0.717) is 10.8 Å². The molecule has 156 valence electrons. The number of nitrogens with one attached hydrogen (secondary N) is 1. The van der Waals surface area contributed by atoms with Crippen molar-refractivity contribution in [2.45, 2.75) is 50.5 Å². The maximum atomic E-state index is 13.3. The van der Waals surface area contributed by atoms with Crippen molar-refractivity contribution in [2.75, 3.05) is 11.4 Å². The Bertz CT molecular complexity index is 967. The van der Waals surface area contributed by atoms with Gasteiger partial charge in [0, 0.05) is 10.9 Å². The van der Waals surface area contributed by atoms with E-state index in [2.05, 4.69) is 12.2 Å². The zero-order valence-corrected chi connectivity index (χ0v) is 18.4. The van der Waals surface area contributed by atoms with Gasteiger partial charge in [-0.3, -0.25) is 14.5 Å². The van der Waals surface area contributed by atoms with Crippen molar-refractivity contribution in [3.8, 4) is 0 Å². The third kappa shape index (κ3) is 4.62. The van der Waals surface area contributed by atoms with E-state index in [1.54, 1.807) is 4.90 Å². The largest absolute Gasteiger partial charge is 0.352 e. The first kappa shape index (κ1) is 20.7. The van der Waals surface area contributed by atoms with Crippen LogP contribution in [-0.2, 0) is 9.59 Å². The summed E-state index contributed by atoms with van der Waals surface area (Å²) >= 11 is 1.47. The molecule has 1 N–H and O–H groups in total. The Labute approximate surface area is 182 Å². The molecule has 2 atom stereocenters. The van der Waals surface area contributed by atoms with E-state index < -0.39 is 0 Å². The summed E-state index contributed by atoms with van der Waals surface area (Å²) in [5.74, 6) is 0.282. The molecule has 1 saturated carbocycles. The standard InChI is InChI=1S/C25H28N2O2S/c1-17-11-13-19(14-12-17)15-23-25(29)27(21-9-5-6-10-22(21)30-23)16-24(28)26-20-8-4-3-7-18(20)2/h5-6,9-15,18,20H,3-4,7-8,16H2,1-2H3,(H,26,28)/b23-15+. The van der Waals surface area contributed by atoms with Crippen LogP contribution in [0.3, 0.4) is 0 Å². The van der Waals surface area contributed by atoms with E-state index in [0.717, 1.165) is 35.4 Å². The number of para-hydroxylation sites is 1. The summed E-state index contributed by atoms with van der Waals surface area (Å²) < 4.78 is 0. The summed E-state index contributed by atoms with van der Waals surface area (Å²) in [4.78, 5) is 29.4. The van der Waals surface area contributed by atoms with E-state index in [4.69, 9.17) is 0 Å². The fourth-order valence-corrected chi connectivity index (χ4v) is 5.22. The fraction of sp³-hybridized carbons (Fsp3) is 0.360. The predicted molar refractivity (Wildman–Crippen MR) is 123 cm³/mol. The highest BCUT2D eigenvalue weighted by Crippen LogP contribution is 2.42. The molecule has 5 heteroatoms. The molecule has 0 radical (unpaired) electrons. The molecule has 0 saturated heterocycles. The molecule has 1 fully saturated rings. The van der Waals surface area contributed by atoms with Crippen LogP contribution in [0.1, 0.15) is 43.7 Å². The van der Waals surface area contributed by atoms with Gasteiger partial charge < -0.3 is 5.32 Å². The van der Waals surface area contributed by atoms with Crippen molar-refractivity contribution in [3.05, 3.63) is 64.6 Å².